The first-order valence-electron chi connectivity index (χ1n) is 8.81. The second kappa shape index (κ2) is 7.69. The molecule has 4 aromatic heterocycles. The Morgan fingerprint density at radius 2 is 1.44 bits per heavy atom. The summed E-state index contributed by atoms with van der Waals surface area (Å²) < 4.78 is 2.82. The molecular weight excluding hydrogens is 422 g/mol. The number of hydrogen-bond acceptors (Lipinski definition) is 10. The molecule has 0 atom stereocenters. The molecular formula is C18H13N9O5. The minimum absolute atomic E-state index is 0. The van der Waals surface area contributed by atoms with Crippen molar-refractivity contribution in [1.29, 1.82) is 0 Å². The van der Waals surface area contributed by atoms with E-state index < -0.39 is 16.4 Å². The number of tetrazole rings is 2. The molecule has 2 aromatic carbocycles. The summed E-state index contributed by atoms with van der Waals surface area (Å²) in [6.45, 7) is 0. The molecule has 0 amide bonds. The van der Waals surface area contributed by atoms with Crippen LogP contribution in [0.1, 0.15) is 0 Å². The van der Waals surface area contributed by atoms with Gasteiger partial charge in [0.05, 0.1) is 16.0 Å². The molecule has 4 heterocycles. The Morgan fingerprint density at radius 3 is 2.16 bits per heavy atom. The zero-order valence-electron chi connectivity index (χ0n) is 15.9. The predicted octanol–water partition coefficient (Wildman–Crippen LogP) is 1.05. The average molecular weight is 435 g/mol. The molecule has 0 aliphatic rings. The monoisotopic (exact) mass is 435 g/mol. The molecule has 0 unspecified atom stereocenters. The van der Waals surface area contributed by atoms with Gasteiger partial charge in [0, 0.05) is 16.8 Å². The third kappa shape index (κ3) is 3.03. The van der Waals surface area contributed by atoms with Crippen LogP contribution in [0, 0.1) is 10.1 Å². The van der Waals surface area contributed by atoms with Gasteiger partial charge in [-0.15, -0.1) is 10.2 Å². The molecule has 0 radical (unpaired) electrons. The summed E-state index contributed by atoms with van der Waals surface area (Å²) in [6.07, 6.45) is 0. The fraction of sp³-hybridized carbons (Fsp3) is 0. The average Bonchev–Trinajstić information content (AvgIpc) is 3.44. The first-order chi connectivity index (χ1) is 15.1. The lowest BCUT2D eigenvalue weighted by Crippen LogP contribution is -1.98. The van der Waals surface area contributed by atoms with E-state index in [2.05, 4.69) is 31.1 Å². The topological polar surface area (TPSA) is 201 Å². The largest absolute Gasteiger partial charge is 0.507 e. The smallest absolute Gasteiger partial charge is 0.357 e. The molecule has 0 fully saturated rings. The Bertz CT molecular complexity index is 1610. The number of hydrogen-bond donors (Lipinski definition) is 2. The standard InChI is InChI=1S/C9H5N5O3.C9H6N4O.H2O/c15-8-5-3-1-2-4-6(5)13-9(10-11-12-13)7(8)14(16)17;14-8-5-9-10-11-12-13(9)7-4-2-1-3-6(7)8;/h1-4,15H;1-5,14H;1H2. The van der Waals surface area contributed by atoms with Crippen LogP contribution in [0.15, 0.2) is 54.6 Å². The third-order valence-electron chi connectivity index (χ3n) is 4.64. The number of para-hydroxylation sites is 2. The highest BCUT2D eigenvalue weighted by molar-refractivity contribution is 5.93. The second-order valence-electron chi connectivity index (χ2n) is 6.38. The van der Waals surface area contributed by atoms with Gasteiger partial charge in [-0.3, -0.25) is 10.1 Å². The van der Waals surface area contributed by atoms with E-state index in [0.717, 1.165) is 10.9 Å². The molecule has 32 heavy (non-hydrogen) atoms. The van der Waals surface area contributed by atoms with E-state index >= 15 is 0 Å². The van der Waals surface area contributed by atoms with Crippen molar-refractivity contribution in [3.05, 3.63) is 64.7 Å². The lowest BCUT2D eigenvalue weighted by Gasteiger charge is -2.03. The Balaban J connectivity index is 0.000000151. The first kappa shape index (κ1) is 20.3. The van der Waals surface area contributed by atoms with Crippen molar-refractivity contribution in [1.82, 2.24) is 40.1 Å². The number of pyridine rings is 2. The van der Waals surface area contributed by atoms with Gasteiger partial charge in [0.15, 0.2) is 5.65 Å². The molecule has 14 nitrogen and oxygen atoms in total. The van der Waals surface area contributed by atoms with Crippen molar-refractivity contribution in [2.24, 2.45) is 0 Å². The van der Waals surface area contributed by atoms with E-state index in [1.807, 2.05) is 24.3 Å². The van der Waals surface area contributed by atoms with Gasteiger partial charge in [0.25, 0.3) is 5.65 Å². The maximum atomic E-state index is 10.9. The minimum Gasteiger partial charge on any atom is -0.507 e. The molecule has 0 saturated carbocycles. The van der Waals surface area contributed by atoms with Crippen LogP contribution in [0.3, 0.4) is 0 Å². The fourth-order valence-electron chi connectivity index (χ4n) is 3.29. The van der Waals surface area contributed by atoms with Crippen LogP contribution < -0.4 is 0 Å². The number of aromatic nitrogens is 8. The molecule has 0 spiro atoms. The van der Waals surface area contributed by atoms with Gasteiger partial charge in [-0.25, -0.2) is 0 Å². The van der Waals surface area contributed by atoms with E-state index in [1.54, 1.807) is 34.8 Å². The second-order valence-corrected chi connectivity index (χ2v) is 6.38. The highest BCUT2D eigenvalue weighted by Gasteiger charge is 2.25. The van der Waals surface area contributed by atoms with Crippen LogP contribution >= 0.6 is 0 Å². The van der Waals surface area contributed by atoms with Crippen LogP contribution in [-0.2, 0) is 0 Å². The maximum Gasteiger partial charge on any atom is 0.357 e. The summed E-state index contributed by atoms with van der Waals surface area (Å²) in [7, 11) is 0. The molecule has 160 valence electrons. The molecule has 4 N–H and O–H groups in total. The fourth-order valence-corrected chi connectivity index (χ4v) is 3.29. The van der Waals surface area contributed by atoms with E-state index in [4.69, 9.17) is 0 Å². The zero-order chi connectivity index (χ0) is 21.5. The number of fused-ring (bicyclic) bond motifs is 6. The van der Waals surface area contributed by atoms with Crippen molar-refractivity contribution >= 4 is 38.8 Å². The third-order valence-corrected chi connectivity index (χ3v) is 4.64. The van der Waals surface area contributed by atoms with E-state index in [1.165, 1.54) is 4.52 Å². The van der Waals surface area contributed by atoms with Crippen LogP contribution in [0.5, 0.6) is 11.5 Å². The summed E-state index contributed by atoms with van der Waals surface area (Å²) in [5.41, 5.74) is 1.28. The van der Waals surface area contributed by atoms with Crippen LogP contribution in [0.2, 0.25) is 0 Å². The molecule has 6 aromatic rings. The summed E-state index contributed by atoms with van der Waals surface area (Å²) in [6, 6.07) is 15.6. The summed E-state index contributed by atoms with van der Waals surface area (Å²) >= 11 is 0. The Morgan fingerprint density at radius 1 is 0.844 bits per heavy atom. The van der Waals surface area contributed by atoms with Gasteiger partial charge in [0.1, 0.15) is 5.75 Å². The summed E-state index contributed by atoms with van der Waals surface area (Å²) in [5, 5.41) is 53.3. The predicted molar refractivity (Wildman–Crippen MR) is 110 cm³/mol. The number of rotatable bonds is 1. The first-order valence-corrected chi connectivity index (χ1v) is 8.81. The van der Waals surface area contributed by atoms with Gasteiger partial charge in [0.2, 0.25) is 5.75 Å². The number of nitro groups is 1. The van der Waals surface area contributed by atoms with Crippen molar-refractivity contribution < 1.29 is 20.6 Å². The van der Waals surface area contributed by atoms with E-state index in [9.17, 15) is 20.3 Å². The van der Waals surface area contributed by atoms with E-state index in [-0.39, 0.29) is 16.9 Å². The molecule has 0 aliphatic carbocycles. The van der Waals surface area contributed by atoms with Crippen molar-refractivity contribution in [3.63, 3.8) is 0 Å². The Hall–Kier alpha value is -4.98. The van der Waals surface area contributed by atoms with Crippen molar-refractivity contribution in [2.45, 2.75) is 0 Å². The van der Waals surface area contributed by atoms with Crippen LogP contribution in [0.25, 0.3) is 33.1 Å². The van der Waals surface area contributed by atoms with Crippen molar-refractivity contribution in [2.75, 3.05) is 0 Å². The molecule has 0 aliphatic heterocycles. The highest BCUT2D eigenvalue weighted by Crippen LogP contribution is 2.36. The molecule has 0 bridgehead atoms. The Labute approximate surface area is 176 Å². The highest BCUT2D eigenvalue weighted by atomic mass is 16.6. The number of nitrogens with zero attached hydrogens (tertiary/aromatic N) is 9. The molecule has 6 rings (SSSR count). The lowest BCUT2D eigenvalue weighted by molar-refractivity contribution is -0.384. The molecule has 14 heteroatoms. The van der Waals surface area contributed by atoms with Gasteiger partial charge >= 0.3 is 5.69 Å². The lowest BCUT2D eigenvalue weighted by atomic mass is 10.2. The maximum absolute atomic E-state index is 10.9. The SMILES string of the molecule is O.O=[N+]([O-])c1c(O)c2ccccc2n2nnnc12.Oc1cc2nnnn2c2ccccc12. The summed E-state index contributed by atoms with van der Waals surface area (Å²) in [5.74, 6) is -0.226. The quantitative estimate of drug-likeness (QED) is 0.277. The Kier molecular flexibility index (Phi) is 4.88. The zero-order valence-corrected chi connectivity index (χ0v) is 15.9. The minimum atomic E-state index is -0.701. The van der Waals surface area contributed by atoms with E-state index in [0.29, 0.717) is 16.6 Å². The number of aromatic hydroxyl groups is 2. The summed E-state index contributed by atoms with van der Waals surface area (Å²) in [4.78, 5) is 10.2. The molecule has 0 saturated heterocycles. The van der Waals surface area contributed by atoms with Crippen molar-refractivity contribution in [3.8, 4) is 11.5 Å². The van der Waals surface area contributed by atoms with Crippen LogP contribution in [0.4, 0.5) is 5.69 Å². The van der Waals surface area contributed by atoms with Gasteiger partial charge in [-0.05, 0) is 45.1 Å². The van der Waals surface area contributed by atoms with Crippen LogP contribution in [-0.4, -0.2) is 60.7 Å². The van der Waals surface area contributed by atoms with Gasteiger partial charge in [-0.2, -0.15) is 9.03 Å². The number of benzene rings is 2. The normalized spacial score (nSPS) is 10.8. The van der Waals surface area contributed by atoms with Gasteiger partial charge in [-0.1, -0.05) is 24.3 Å². The van der Waals surface area contributed by atoms with Gasteiger partial charge < -0.3 is 15.7 Å².